The third kappa shape index (κ3) is 3.76. The Labute approximate surface area is 184 Å². The van der Waals surface area contributed by atoms with E-state index >= 15 is 0 Å². The van der Waals surface area contributed by atoms with Crippen molar-refractivity contribution < 1.29 is 18.0 Å². The molecule has 1 saturated heterocycles. The molecule has 5 rings (SSSR count). The molecule has 1 aliphatic carbocycles. The monoisotopic (exact) mass is 442 g/mol. The van der Waals surface area contributed by atoms with Gasteiger partial charge in [-0.05, 0) is 38.0 Å². The Hall–Kier alpha value is -2.90. The summed E-state index contributed by atoms with van der Waals surface area (Å²) in [5.41, 5.74) is 1.78. The van der Waals surface area contributed by atoms with Crippen LogP contribution in [-0.2, 0) is 0 Å². The van der Waals surface area contributed by atoms with E-state index < -0.39 is 17.7 Å². The fraction of sp³-hybridized carbons (Fsp3) is 0.458. The summed E-state index contributed by atoms with van der Waals surface area (Å²) in [7, 11) is 0. The number of benzene rings is 1. The molecule has 1 atom stereocenters. The molecule has 1 aromatic carbocycles. The second kappa shape index (κ2) is 7.90. The number of hydrogen-bond acceptors (Lipinski definition) is 3. The van der Waals surface area contributed by atoms with Crippen molar-refractivity contribution >= 4 is 11.6 Å². The minimum atomic E-state index is -2.72. The van der Waals surface area contributed by atoms with Gasteiger partial charge in [0.2, 0.25) is 5.92 Å². The maximum Gasteiger partial charge on any atom is 0.272 e. The molecular formula is C24H25F3N4O. The minimum Gasteiger partial charge on any atom is -0.335 e. The van der Waals surface area contributed by atoms with E-state index in [4.69, 9.17) is 0 Å². The van der Waals surface area contributed by atoms with Crippen LogP contribution in [0.2, 0.25) is 0 Å². The van der Waals surface area contributed by atoms with Gasteiger partial charge >= 0.3 is 0 Å². The average molecular weight is 442 g/mol. The Morgan fingerprint density at radius 1 is 1.12 bits per heavy atom. The fourth-order valence-corrected chi connectivity index (χ4v) is 4.79. The Morgan fingerprint density at radius 2 is 1.91 bits per heavy atom. The number of carbonyl (C=O) groups is 1. The number of hydrogen-bond donors (Lipinski definition) is 0. The number of alkyl halides is 2. The molecule has 1 aliphatic heterocycles. The number of amides is 1. The lowest BCUT2D eigenvalue weighted by Crippen LogP contribution is -2.39. The molecule has 0 N–H and O–H groups in total. The van der Waals surface area contributed by atoms with Gasteiger partial charge in [0.25, 0.3) is 5.91 Å². The summed E-state index contributed by atoms with van der Waals surface area (Å²) in [5, 5.41) is 4.48. The molecule has 1 saturated carbocycles. The summed E-state index contributed by atoms with van der Waals surface area (Å²) in [4.78, 5) is 19.7. The van der Waals surface area contributed by atoms with Crippen molar-refractivity contribution in [2.24, 2.45) is 0 Å². The quantitative estimate of drug-likeness (QED) is 0.542. The number of carbonyl (C=O) groups excluding carboxylic acids is 1. The zero-order chi connectivity index (χ0) is 22.5. The van der Waals surface area contributed by atoms with Gasteiger partial charge in [-0.1, -0.05) is 25.0 Å². The van der Waals surface area contributed by atoms with Gasteiger partial charge in [0.05, 0.1) is 11.4 Å². The second-order valence-electron chi connectivity index (χ2n) is 9.00. The maximum atomic E-state index is 14.3. The van der Waals surface area contributed by atoms with Crippen LogP contribution in [-0.4, -0.2) is 43.9 Å². The van der Waals surface area contributed by atoms with Crippen LogP contribution in [0.1, 0.15) is 67.5 Å². The van der Waals surface area contributed by atoms with Gasteiger partial charge in [0, 0.05) is 43.0 Å². The number of rotatable bonds is 3. The van der Waals surface area contributed by atoms with Gasteiger partial charge in [-0.25, -0.2) is 22.7 Å². The molecule has 8 heteroatoms. The van der Waals surface area contributed by atoms with Crippen molar-refractivity contribution in [1.29, 1.82) is 0 Å². The van der Waals surface area contributed by atoms with Crippen LogP contribution in [0, 0.1) is 5.82 Å². The second-order valence-corrected chi connectivity index (χ2v) is 9.00. The molecule has 0 radical (unpaired) electrons. The number of nitrogens with zero attached hydrogens (tertiary/aromatic N) is 4. The van der Waals surface area contributed by atoms with Crippen LogP contribution in [0.4, 0.5) is 13.2 Å². The summed E-state index contributed by atoms with van der Waals surface area (Å²) in [6.45, 7) is 2.69. The van der Waals surface area contributed by atoms with Crippen LogP contribution in [0.5, 0.6) is 0 Å². The Morgan fingerprint density at radius 3 is 2.66 bits per heavy atom. The van der Waals surface area contributed by atoms with Crippen molar-refractivity contribution in [3.8, 4) is 11.3 Å². The van der Waals surface area contributed by atoms with Crippen molar-refractivity contribution in [3.63, 3.8) is 0 Å². The molecule has 1 unspecified atom stereocenters. The molecule has 0 bridgehead atoms. The number of fused-ring (bicyclic) bond motifs is 1. The van der Waals surface area contributed by atoms with Crippen LogP contribution < -0.4 is 0 Å². The van der Waals surface area contributed by atoms with Gasteiger partial charge in [-0.3, -0.25) is 4.79 Å². The average Bonchev–Trinajstić information content (AvgIpc) is 3.05. The summed E-state index contributed by atoms with van der Waals surface area (Å²) in [6, 6.07) is 9.56. The molecule has 168 valence electrons. The van der Waals surface area contributed by atoms with Crippen LogP contribution in [0.3, 0.4) is 0 Å². The Bertz CT molecular complexity index is 1170. The highest BCUT2D eigenvalue weighted by Crippen LogP contribution is 2.48. The number of halogens is 3. The van der Waals surface area contributed by atoms with Gasteiger partial charge in [-0.15, -0.1) is 0 Å². The first kappa shape index (κ1) is 21.0. The summed E-state index contributed by atoms with van der Waals surface area (Å²) in [6.07, 6.45) is 3.43. The first-order valence-corrected chi connectivity index (χ1v) is 11.2. The topological polar surface area (TPSA) is 50.5 Å². The number of likely N-dealkylation sites (tertiary alicyclic amines) is 1. The Kier molecular flexibility index (Phi) is 5.18. The minimum absolute atomic E-state index is 0.0957. The van der Waals surface area contributed by atoms with E-state index in [1.807, 2.05) is 11.8 Å². The lowest BCUT2D eigenvalue weighted by molar-refractivity contribution is -0.0879. The highest BCUT2D eigenvalue weighted by Gasteiger charge is 2.47. The molecule has 2 aromatic heterocycles. The third-order valence-electron chi connectivity index (χ3n) is 6.65. The fourth-order valence-electron chi connectivity index (χ4n) is 4.79. The van der Waals surface area contributed by atoms with Crippen molar-refractivity contribution in [2.75, 3.05) is 6.54 Å². The van der Waals surface area contributed by atoms with Crippen LogP contribution in [0.15, 0.2) is 36.4 Å². The molecular weight excluding hydrogens is 417 g/mol. The van der Waals surface area contributed by atoms with E-state index in [2.05, 4.69) is 10.1 Å². The zero-order valence-electron chi connectivity index (χ0n) is 17.9. The van der Waals surface area contributed by atoms with Crippen LogP contribution in [0.25, 0.3) is 16.9 Å². The largest absolute Gasteiger partial charge is 0.335 e. The van der Waals surface area contributed by atoms with Gasteiger partial charge in [-0.2, -0.15) is 5.10 Å². The van der Waals surface area contributed by atoms with Crippen LogP contribution >= 0.6 is 0 Å². The first-order chi connectivity index (χ1) is 15.3. The van der Waals surface area contributed by atoms with E-state index in [-0.39, 0.29) is 30.5 Å². The smallest absolute Gasteiger partial charge is 0.272 e. The summed E-state index contributed by atoms with van der Waals surface area (Å²) in [5.74, 6) is -3.77. The standard InChI is InChI=1S/C24H25F3N4O/c1-15-7-3-2-6-10-30(15)23(32)20-11-21(16-13-24(26,27)14-16)31-22(28-20)12-19(29-31)17-8-4-5-9-18(17)25/h4-5,8-9,11-12,15-16H,2-3,6-7,10,13-14H2,1H3. The predicted molar refractivity (Wildman–Crippen MR) is 114 cm³/mol. The molecule has 3 heterocycles. The molecule has 5 nitrogen and oxygen atoms in total. The van der Waals surface area contributed by atoms with Gasteiger partial charge < -0.3 is 4.90 Å². The molecule has 3 aromatic rings. The number of aromatic nitrogens is 3. The highest BCUT2D eigenvalue weighted by molar-refractivity contribution is 5.93. The van der Waals surface area contributed by atoms with Crippen molar-refractivity contribution in [1.82, 2.24) is 19.5 Å². The molecule has 2 aliphatic rings. The summed E-state index contributed by atoms with van der Waals surface area (Å²) < 4.78 is 43.2. The summed E-state index contributed by atoms with van der Waals surface area (Å²) >= 11 is 0. The SMILES string of the molecule is CC1CCCCCN1C(=O)c1cc(C2CC(F)(F)C2)n2nc(-c3ccccc3F)cc2n1. The third-order valence-corrected chi connectivity index (χ3v) is 6.65. The first-order valence-electron chi connectivity index (χ1n) is 11.2. The van der Waals surface area contributed by atoms with Gasteiger partial charge in [0.15, 0.2) is 5.65 Å². The Balaban J connectivity index is 1.60. The van der Waals surface area contributed by atoms with E-state index in [9.17, 15) is 18.0 Å². The molecule has 2 fully saturated rings. The normalized spacial score (nSPS) is 21.4. The maximum absolute atomic E-state index is 14.3. The van der Waals surface area contributed by atoms with E-state index in [0.717, 1.165) is 25.7 Å². The predicted octanol–water partition coefficient (Wildman–Crippen LogP) is 5.45. The highest BCUT2D eigenvalue weighted by atomic mass is 19.3. The van der Waals surface area contributed by atoms with Crippen molar-refractivity contribution in [3.05, 3.63) is 53.6 Å². The lowest BCUT2D eigenvalue weighted by atomic mass is 9.79. The molecule has 0 spiro atoms. The lowest BCUT2D eigenvalue weighted by Gasteiger charge is -2.35. The molecule has 1 amide bonds. The van der Waals surface area contributed by atoms with E-state index in [0.29, 0.717) is 29.1 Å². The zero-order valence-corrected chi connectivity index (χ0v) is 17.9. The van der Waals surface area contributed by atoms with E-state index in [1.165, 1.54) is 10.6 Å². The van der Waals surface area contributed by atoms with E-state index in [1.54, 1.807) is 30.3 Å². The molecule has 32 heavy (non-hydrogen) atoms. The van der Waals surface area contributed by atoms with Gasteiger partial charge in [0.1, 0.15) is 11.5 Å². The van der Waals surface area contributed by atoms with Crippen molar-refractivity contribution in [2.45, 2.75) is 63.3 Å².